The average molecular weight is 308 g/mol. The maximum atomic E-state index is 12.5. The Hall–Kier alpha value is -1.79. The van der Waals surface area contributed by atoms with Gasteiger partial charge in [-0.05, 0) is 48.2 Å². The summed E-state index contributed by atoms with van der Waals surface area (Å²) in [5, 5.41) is 0. The molecule has 5 nitrogen and oxygen atoms in total. The van der Waals surface area contributed by atoms with Crippen LogP contribution in [-0.2, 0) is 29.4 Å². The van der Waals surface area contributed by atoms with Gasteiger partial charge < -0.3 is 10.2 Å². The Morgan fingerprint density at radius 3 is 2.57 bits per heavy atom. The zero-order valence-corrected chi connectivity index (χ0v) is 13.0. The number of hydrogen-bond acceptors (Lipinski definition) is 4. The predicted octanol–water partition coefficient (Wildman–Crippen LogP) is 2.47. The van der Waals surface area contributed by atoms with Gasteiger partial charge in [0, 0.05) is 5.69 Å². The van der Waals surface area contributed by atoms with Crippen molar-refractivity contribution in [3.8, 4) is 0 Å². The Bertz CT molecular complexity index is 707. The van der Waals surface area contributed by atoms with E-state index in [1.54, 1.807) is 18.2 Å². The number of hydrogen-bond donors (Lipinski definition) is 2. The second-order valence-electron chi connectivity index (χ2n) is 4.77. The average Bonchev–Trinajstić information content (AvgIpc) is 2.97. The van der Waals surface area contributed by atoms with Crippen molar-refractivity contribution >= 4 is 15.7 Å². The van der Waals surface area contributed by atoms with E-state index in [1.165, 1.54) is 6.26 Å². The first kappa shape index (κ1) is 15.6. The number of anilines is 1. The lowest BCUT2D eigenvalue weighted by Gasteiger charge is -2.14. The zero-order valence-electron chi connectivity index (χ0n) is 12.2. The molecule has 0 saturated carbocycles. The van der Waals surface area contributed by atoms with E-state index in [1.807, 2.05) is 19.9 Å². The molecule has 0 atom stereocenters. The SMILES string of the molecule is CCc1cc(N)c(CC)c(S(=O)(=O)NCc2ccco2)c1. The molecule has 0 radical (unpaired) electrons. The molecule has 0 amide bonds. The van der Waals surface area contributed by atoms with Crippen LogP contribution >= 0.6 is 0 Å². The minimum absolute atomic E-state index is 0.120. The summed E-state index contributed by atoms with van der Waals surface area (Å²) in [5.41, 5.74) is 8.07. The highest BCUT2D eigenvalue weighted by Gasteiger charge is 2.20. The van der Waals surface area contributed by atoms with E-state index in [0.717, 1.165) is 12.0 Å². The molecule has 6 heteroatoms. The van der Waals surface area contributed by atoms with Gasteiger partial charge in [-0.1, -0.05) is 13.8 Å². The summed E-state index contributed by atoms with van der Waals surface area (Å²) in [5.74, 6) is 0.566. The van der Waals surface area contributed by atoms with Crippen LogP contribution in [0, 0.1) is 0 Å². The van der Waals surface area contributed by atoms with Gasteiger partial charge in [0.25, 0.3) is 0 Å². The van der Waals surface area contributed by atoms with Crippen molar-refractivity contribution in [1.82, 2.24) is 4.72 Å². The van der Waals surface area contributed by atoms with Crippen molar-refractivity contribution < 1.29 is 12.8 Å². The molecule has 0 unspecified atom stereocenters. The van der Waals surface area contributed by atoms with Gasteiger partial charge in [-0.3, -0.25) is 0 Å². The molecule has 114 valence electrons. The number of benzene rings is 1. The molecule has 0 saturated heterocycles. The maximum Gasteiger partial charge on any atom is 0.241 e. The van der Waals surface area contributed by atoms with Gasteiger partial charge in [0.1, 0.15) is 5.76 Å². The normalized spacial score (nSPS) is 11.7. The molecule has 0 aliphatic rings. The molecule has 0 bridgehead atoms. The standard InChI is InChI=1S/C15H20N2O3S/c1-3-11-8-14(16)13(4-2)15(9-11)21(18,19)17-10-12-6-5-7-20-12/h5-9,17H,3-4,10,16H2,1-2H3. The van der Waals surface area contributed by atoms with Crippen molar-refractivity contribution in [3.63, 3.8) is 0 Å². The van der Waals surface area contributed by atoms with Crippen molar-refractivity contribution in [1.29, 1.82) is 0 Å². The van der Waals surface area contributed by atoms with E-state index >= 15 is 0 Å². The molecule has 1 aromatic heterocycles. The van der Waals surface area contributed by atoms with Gasteiger partial charge in [-0.2, -0.15) is 0 Å². The summed E-state index contributed by atoms with van der Waals surface area (Å²) < 4.78 is 32.7. The first-order valence-corrected chi connectivity index (χ1v) is 8.39. The van der Waals surface area contributed by atoms with Gasteiger partial charge in [0.15, 0.2) is 0 Å². The summed E-state index contributed by atoms with van der Waals surface area (Å²) >= 11 is 0. The van der Waals surface area contributed by atoms with Crippen LogP contribution in [0.4, 0.5) is 5.69 Å². The van der Waals surface area contributed by atoms with Crippen LogP contribution in [0.25, 0.3) is 0 Å². The van der Waals surface area contributed by atoms with E-state index < -0.39 is 10.0 Å². The minimum atomic E-state index is -3.62. The molecule has 2 rings (SSSR count). The summed E-state index contributed by atoms with van der Waals surface area (Å²) in [6.45, 7) is 3.98. The van der Waals surface area contributed by atoms with Gasteiger partial charge in [-0.25, -0.2) is 13.1 Å². The first-order chi connectivity index (χ1) is 9.97. The van der Waals surface area contributed by atoms with Crippen LogP contribution in [-0.4, -0.2) is 8.42 Å². The highest BCUT2D eigenvalue weighted by Crippen LogP contribution is 2.25. The molecule has 1 aromatic carbocycles. The van der Waals surface area contributed by atoms with E-state index in [0.29, 0.717) is 23.4 Å². The number of nitrogen functional groups attached to an aromatic ring is 1. The summed E-state index contributed by atoms with van der Waals surface area (Å²) in [6, 6.07) is 6.97. The van der Waals surface area contributed by atoms with Gasteiger partial charge >= 0.3 is 0 Å². The van der Waals surface area contributed by atoms with Crippen LogP contribution in [0.2, 0.25) is 0 Å². The Kier molecular flexibility index (Phi) is 4.69. The summed E-state index contributed by atoms with van der Waals surface area (Å²) in [4.78, 5) is 0.258. The van der Waals surface area contributed by atoms with E-state index in [9.17, 15) is 8.42 Å². The van der Waals surface area contributed by atoms with Crippen molar-refractivity contribution in [2.45, 2.75) is 38.1 Å². The third kappa shape index (κ3) is 3.46. The first-order valence-electron chi connectivity index (χ1n) is 6.91. The Labute approximate surface area is 125 Å². The van der Waals surface area contributed by atoms with E-state index in [4.69, 9.17) is 10.2 Å². The fourth-order valence-electron chi connectivity index (χ4n) is 2.21. The molecule has 3 N–H and O–H groups in total. The number of furan rings is 1. The molecule has 0 fully saturated rings. The number of nitrogens with two attached hydrogens (primary N) is 1. The van der Waals surface area contributed by atoms with E-state index in [-0.39, 0.29) is 11.4 Å². The second kappa shape index (κ2) is 6.32. The van der Waals surface area contributed by atoms with Crippen LogP contribution in [0.1, 0.15) is 30.7 Å². The minimum Gasteiger partial charge on any atom is -0.468 e. The van der Waals surface area contributed by atoms with Crippen LogP contribution in [0.15, 0.2) is 39.8 Å². The lowest BCUT2D eigenvalue weighted by Crippen LogP contribution is -2.24. The van der Waals surface area contributed by atoms with Crippen LogP contribution in [0.3, 0.4) is 0 Å². The Morgan fingerprint density at radius 2 is 2.00 bits per heavy atom. The molecule has 2 aromatic rings. The quantitative estimate of drug-likeness (QED) is 0.803. The lowest BCUT2D eigenvalue weighted by molar-refractivity contribution is 0.498. The molecule has 0 spiro atoms. The fourth-order valence-corrected chi connectivity index (χ4v) is 3.59. The Balaban J connectivity index is 2.36. The van der Waals surface area contributed by atoms with Gasteiger partial charge in [-0.15, -0.1) is 0 Å². The largest absolute Gasteiger partial charge is 0.468 e. The lowest BCUT2D eigenvalue weighted by atomic mass is 10.1. The Morgan fingerprint density at radius 1 is 1.24 bits per heavy atom. The summed E-state index contributed by atoms with van der Waals surface area (Å²) in [6.07, 6.45) is 2.80. The van der Waals surface area contributed by atoms with E-state index in [2.05, 4.69) is 4.72 Å². The molecule has 21 heavy (non-hydrogen) atoms. The molecule has 1 heterocycles. The van der Waals surface area contributed by atoms with Crippen molar-refractivity contribution in [3.05, 3.63) is 47.4 Å². The smallest absolute Gasteiger partial charge is 0.241 e. The van der Waals surface area contributed by atoms with Crippen LogP contribution in [0.5, 0.6) is 0 Å². The number of sulfonamides is 1. The number of aryl methyl sites for hydroxylation is 1. The summed E-state index contributed by atoms with van der Waals surface area (Å²) in [7, 11) is -3.62. The fraction of sp³-hybridized carbons (Fsp3) is 0.333. The number of nitrogens with one attached hydrogen (secondary N) is 1. The maximum absolute atomic E-state index is 12.5. The zero-order chi connectivity index (χ0) is 15.5. The highest BCUT2D eigenvalue weighted by molar-refractivity contribution is 7.89. The third-order valence-electron chi connectivity index (χ3n) is 3.37. The van der Waals surface area contributed by atoms with Crippen molar-refractivity contribution in [2.24, 2.45) is 0 Å². The molecule has 0 aliphatic carbocycles. The highest BCUT2D eigenvalue weighted by atomic mass is 32.2. The molecular weight excluding hydrogens is 288 g/mol. The topological polar surface area (TPSA) is 85.3 Å². The second-order valence-corrected chi connectivity index (χ2v) is 6.51. The third-order valence-corrected chi connectivity index (χ3v) is 4.84. The monoisotopic (exact) mass is 308 g/mol. The van der Waals surface area contributed by atoms with Gasteiger partial charge in [0.05, 0.1) is 17.7 Å². The molecular formula is C15H20N2O3S. The van der Waals surface area contributed by atoms with Gasteiger partial charge in [0.2, 0.25) is 10.0 Å². The molecule has 0 aliphatic heterocycles. The predicted molar refractivity (Wildman–Crippen MR) is 82.3 cm³/mol. The number of rotatable bonds is 6. The van der Waals surface area contributed by atoms with Crippen LogP contribution < -0.4 is 10.5 Å². The van der Waals surface area contributed by atoms with Crippen molar-refractivity contribution in [2.75, 3.05) is 5.73 Å².